The van der Waals surface area contributed by atoms with Crippen LogP contribution in [0, 0.1) is 6.92 Å². The lowest BCUT2D eigenvalue weighted by Crippen LogP contribution is -2.35. The molecule has 0 saturated heterocycles. The molecule has 5 rings (SSSR count). The Labute approximate surface area is 178 Å². The van der Waals surface area contributed by atoms with Crippen molar-refractivity contribution in [2.75, 3.05) is 6.54 Å². The molecule has 0 bridgehead atoms. The molecule has 1 aromatic carbocycles. The second-order valence-corrected chi connectivity index (χ2v) is 8.68. The van der Waals surface area contributed by atoms with Crippen LogP contribution in [0.5, 0.6) is 0 Å². The topological polar surface area (TPSA) is 74.8 Å². The quantitative estimate of drug-likeness (QED) is 0.548. The summed E-state index contributed by atoms with van der Waals surface area (Å²) in [5, 5.41) is 0. The van der Waals surface area contributed by atoms with Crippen LogP contribution in [0.1, 0.15) is 21.7 Å². The Kier molecular flexibility index (Phi) is 4.98. The number of hydrogen-bond acceptors (Lipinski definition) is 6. The summed E-state index contributed by atoms with van der Waals surface area (Å²) in [6.45, 7) is 4.47. The van der Waals surface area contributed by atoms with E-state index in [0.717, 1.165) is 36.3 Å². The van der Waals surface area contributed by atoms with Gasteiger partial charge in [-0.25, -0.2) is 15.0 Å². The summed E-state index contributed by atoms with van der Waals surface area (Å²) in [6, 6.07) is 12.9. The first kappa shape index (κ1) is 18.8. The summed E-state index contributed by atoms with van der Waals surface area (Å²) in [4.78, 5) is 33.2. The second kappa shape index (κ2) is 7.93. The molecule has 0 atom stereocenters. The highest BCUT2D eigenvalue weighted by Gasteiger charge is 2.22. The number of rotatable bonds is 4. The van der Waals surface area contributed by atoms with Gasteiger partial charge in [0.1, 0.15) is 12.2 Å². The Balaban J connectivity index is 1.34. The molecule has 0 spiro atoms. The van der Waals surface area contributed by atoms with Gasteiger partial charge in [0.05, 0.1) is 16.8 Å². The lowest BCUT2D eigenvalue weighted by atomic mass is 10.1. The van der Waals surface area contributed by atoms with Gasteiger partial charge in [0.2, 0.25) is 0 Å². The van der Waals surface area contributed by atoms with E-state index in [4.69, 9.17) is 0 Å². The van der Waals surface area contributed by atoms with Gasteiger partial charge in [-0.15, -0.1) is 11.3 Å². The zero-order valence-electron chi connectivity index (χ0n) is 16.6. The molecule has 0 fully saturated rings. The number of hydrogen-bond donors (Lipinski definition) is 1. The van der Waals surface area contributed by atoms with Crippen molar-refractivity contribution in [3.63, 3.8) is 0 Å². The Hall–Kier alpha value is -3.16. The zero-order valence-corrected chi connectivity index (χ0v) is 17.4. The first-order valence-electron chi connectivity index (χ1n) is 9.92. The van der Waals surface area contributed by atoms with E-state index in [1.54, 1.807) is 12.4 Å². The number of aryl methyl sites for hydroxylation is 1. The molecule has 1 aliphatic heterocycles. The third-order valence-electron chi connectivity index (χ3n) is 5.43. The van der Waals surface area contributed by atoms with E-state index in [1.807, 2.05) is 11.3 Å². The highest BCUT2D eigenvalue weighted by atomic mass is 32.1. The molecule has 4 aromatic rings. The maximum atomic E-state index is 12.7. The van der Waals surface area contributed by atoms with Crippen molar-refractivity contribution in [1.82, 2.24) is 24.8 Å². The van der Waals surface area contributed by atoms with E-state index in [0.29, 0.717) is 12.4 Å². The average molecular weight is 416 g/mol. The summed E-state index contributed by atoms with van der Waals surface area (Å²) in [6.07, 6.45) is 5.55. The lowest BCUT2D eigenvalue weighted by molar-refractivity contribution is 0.244. The van der Waals surface area contributed by atoms with Gasteiger partial charge in [-0.1, -0.05) is 24.3 Å². The molecule has 0 radical (unpaired) electrons. The van der Waals surface area contributed by atoms with Crippen LogP contribution in [0.2, 0.25) is 0 Å². The Morgan fingerprint density at radius 2 is 1.97 bits per heavy atom. The molecule has 3 aromatic heterocycles. The van der Waals surface area contributed by atoms with E-state index >= 15 is 0 Å². The molecule has 0 amide bonds. The van der Waals surface area contributed by atoms with Crippen LogP contribution in [0.3, 0.4) is 0 Å². The Morgan fingerprint density at radius 1 is 1.13 bits per heavy atom. The third kappa shape index (κ3) is 3.69. The van der Waals surface area contributed by atoms with Crippen LogP contribution >= 0.6 is 11.3 Å². The normalized spacial score (nSPS) is 13.9. The number of thiophene rings is 1. The van der Waals surface area contributed by atoms with Crippen LogP contribution in [0.4, 0.5) is 0 Å². The lowest BCUT2D eigenvalue weighted by Gasteiger charge is -2.27. The summed E-state index contributed by atoms with van der Waals surface area (Å²) in [5.41, 5.74) is 4.86. The molecule has 4 heterocycles. The summed E-state index contributed by atoms with van der Waals surface area (Å²) in [7, 11) is 0. The van der Waals surface area contributed by atoms with Crippen molar-refractivity contribution in [2.45, 2.75) is 26.4 Å². The van der Waals surface area contributed by atoms with Gasteiger partial charge < -0.3 is 4.98 Å². The number of nitrogens with zero attached hydrogens (tertiary/aromatic N) is 4. The van der Waals surface area contributed by atoms with Crippen molar-refractivity contribution >= 4 is 11.3 Å². The zero-order chi connectivity index (χ0) is 20.5. The second-order valence-electron chi connectivity index (χ2n) is 7.51. The highest BCUT2D eigenvalue weighted by Crippen LogP contribution is 2.31. The summed E-state index contributed by atoms with van der Waals surface area (Å²) >= 11 is 1.82. The van der Waals surface area contributed by atoms with Gasteiger partial charge in [0.25, 0.3) is 5.56 Å². The van der Waals surface area contributed by atoms with E-state index in [2.05, 4.69) is 68.2 Å². The molecule has 1 N–H and O–H groups in total. The molecular formula is C23H21N5OS. The number of fused-ring (bicyclic) bond motifs is 1. The molecule has 150 valence electrons. The number of H-pyrrole nitrogens is 1. The van der Waals surface area contributed by atoms with Crippen molar-refractivity contribution in [3.8, 4) is 21.8 Å². The molecule has 1 aliphatic rings. The maximum absolute atomic E-state index is 12.7. The molecule has 0 aliphatic carbocycles. The van der Waals surface area contributed by atoms with E-state index in [9.17, 15) is 4.79 Å². The molecule has 0 unspecified atom stereocenters. The van der Waals surface area contributed by atoms with Gasteiger partial charge in [-0.2, -0.15) is 0 Å². The number of benzene rings is 1. The fourth-order valence-corrected chi connectivity index (χ4v) is 4.99. The van der Waals surface area contributed by atoms with E-state index in [-0.39, 0.29) is 5.56 Å². The van der Waals surface area contributed by atoms with E-state index < -0.39 is 0 Å². The SMILES string of the molecule is Cc1ccccc1-c1ccc(CN2CCc3nc(-c4cncnc4)[nH]c(=O)c3C2)s1. The minimum atomic E-state index is -0.0738. The Morgan fingerprint density at radius 3 is 2.80 bits per heavy atom. The third-order valence-corrected chi connectivity index (χ3v) is 6.54. The van der Waals surface area contributed by atoms with Crippen LogP contribution in [0.15, 0.2) is 59.9 Å². The minimum absolute atomic E-state index is 0.0738. The predicted octanol–water partition coefficient (Wildman–Crippen LogP) is 3.82. The summed E-state index contributed by atoms with van der Waals surface area (Å²) in [5.74, 6) is 0.536. The standard InChI is InChI=1S/C23H21N5OS/c1-15-4-2-3-5-18(15)21-7-6-17(30-21)12-28-9-8-20-19(13-28)23(29)27-22(26-20)16-10-24-14-25-11-16/h2-7,10-11,14H,8-9,12-13H2,1H3,(H,26,27,29). The largest absolute Gasteiger partial charge is 0.306 e. The van der Waals surface area contributed by atoms with E-state index in [1.165, 1.54) is 27.2 Å². The smallest absolute Gasteiger partial charge is 0.255 e. The van der Waals surface area contributed by atoms with Crippen molar-refractivity contribution in [2.24, 2.45) is 0 Å². The Bertz CT molecular complexity index is 1250. The monoisotopic (exact) mass is 415 g/mol. The number of nitrogens with one attached hydrogen (secondary N) is 1. The molecule has 6 nitrogen and oxygen atoms in total. The van der Waals surface area contributed by atoms with Crippen LogP contribution in [0.25, 0.3) is 21.8 Å². The van der Waals surface area contributed by atoms with Crippen molar-refractivity contribution < 1.29 is 0 Å². The minimum Gasteiger partial charge on any atom is -0.306 e. The maximum Gasteiger partial charge on any atom is 0.255 e. The van der Waals surface area contributed by atoms with Gasteiger partial charge in [0, 0.05) is 48.2 Å². The first-order chi connectivity index (χ1) is 14.7. The van der Waals surface area contributed by atoms with Crippen molar-refractivity contribution in [1.29, 1.82) is 0 Å². The van der Waals surface area contributed by atoms with Gasteiger partial charge in [-0.05, 0) is 30.2 Å². The van der Waals surface area contributed by atoms with Gasteiger partial charge in [0.15, 0.2) is 0 Å². The fourth-order valence-electron chi connectivity index (χ4n) is 3.85. The fraction of sp³-hybridized carbons (Fsp3) is 0.217. The molecule has 0 saturated carbocycles. The molecule has 7 heteroatoms. The predicted molar refractivity (Wildman–Crippen MR) is 118 cm³/mol. The summed E-state index contributed by atoms with van der Waals surface area (Å²) < 4.78 is 0. The first-order valence-corrected chi connectivity index (χ1v) is 10.7. The molecular weight excluding hydrogens is 394 g/mol. The van der Waals surface area contributed by atoms with Crippen LogP contribution in [-0.2, 0) is 19.5 Å². The van der Waals surface area contributed by atoms with Crippen molar-refractivity contribution in [3.05, 3.63) is 87.2 Å². The molecule has 30 heavy (non-hydrogen) atoms. The van der Waals surface area contributed by atoms with Crippen LogP contribution in [-0.4, -0.2) is 31.4 Å². The average Bonchev–Trinajstić information content (AvgIpc) is 3.23. The van der Waals surface area contributed by atoms with Gasteiger partial charge in [-0.3, -0.25) is 9.69 Å². The van der Waals surface area contributed by atoms with Crippen LogP contribution < -0.4 is 5.56 Å². The highest BCUT2D eigenvalue weighted by molar-refractivity contribution is 7.15. The number of aromatic amines is 1. The van der Waals surface area contributed by atoms with Gasteiger partial charge >= 0.3 is 0 Å². The number of aromatic nitrogens is 4.